The molecular weight excluding hydrogens is 143 g/mol. The first-order chi connectivity index (χ1) is 4.18. The van der Waals surface area contributed by atoms with Gasteiger partial charge >= 0.3 is 35.5 Å². The molecule has 0 unspecified atom stereocenters. The summed E-state index contributed by atoms with van der Waals surface area (Å²) in [5.74, 6) is -0.981. The van der Waals surface area contributed by atoms with Crippen molar-refractivity contribution in [1.82, 2.24) is 0 Å². The SMILES string of the molecule is C=CC(=O)O.NCCN.[H-].[Na+]. The van der Waals surface area contributed by atoms with Crippen molar-refractivity contribution in [2.24, 2.45) is 11.5 Å². The fraction of sp³-hybridized carbons (Fsp3) is 0.400. The van der Waals surface area contributed by atoms with Crippen LogP contribution in [0.3, 0.4) is 0 Å². The predicted molar refractivity (Wildman–Crippen MR) is 37.1 cm³/mol. The van der Waals surface area contributed by atoms with Gasteiger partial charge in [0.15, 0.2) is 0 Å². The number of carboxylic acids is 1. The van der Waals surface area contributed by atoms with E-state index in [0.29, 0.717) is 13.1 Å². The van der Waals surface area contributed by atoms with Crippen molar-refractivity contribution in [1.29, 1.82) is 0 Å². The van der Waals surface area contributed by atoms with Crippen LogP contribution in [0.4, 0.5) is 0 Å². The molecule has 0 spiro atoms. The fourth-order valence-electron chi connectivity index (χ4n) is 0. The Morgan fingerprint density at radius 3 is 1.80 bits per heavy atom. The minimum absolute atomic E-state index is 0. The van der Waals surface area contributed by atoms with E-state index in [2.05, 4.69) is 6.58 Å². The van der Waals surface area contributed by atoms with Gasteiger partial charge in [-0.25, -0.2) is 4.79 Å². The third-order valence-electron chi connectivity index (χ3n) is 0.341. The molecule has 10 heavy (non-hydrogen) atoms. The Balaban J connectivity index is -0.0000000383. The minimum atomic E-state index is -0.981. The zero-order chi connectivity index (χ0) is 7.70. The normalized spacial score (nSPS) is 6.20. The van der Waals surface area contributed by atoms with Gasteiger partial charge in [-0.1, -0.05) is 6.58 Å². The van der Waals surface area contributed by atoms with Gasteiger partial charge in [0.05, 0.1) is 0 Å². The number of rotatable bonds is 2. The van der Waals surface area contributed by atoms with E-state index in [9.17, 15) is 4.79 Å². The van der Waals surface area contributed by atoms with E-state index in [1.165, 1.54) is 0 Å². The molecule has 0 atom stereocenters. The quantitative estimate of drug-likeness (QED) is 0.283. The van der Waals surface area contributed by atoms with E-state index in [1.807, 2.05) is 0 Å². The molecule has 0 aromatic carbocycles. The molecule has 0 radical (unpaired) electrons. The maximum atomic E-state index is 9.25. The van der Waals surface area contributed by atoms with Crippen LogP contribution in [-0.2, 0) is 4.79 Å². The third-order valence-corrected chi connectivity index (χ3v) is 0.341. The molecule has 0 aliphatic rings. The molecular formula is C5H13N2NaO2. The summed E-state index contributed by atoms with van der Waals surface area (Å²) in [6.45, 7) is 4.16. The molecule has 5 heteroatoms. The summed E-state index contributed by atoms with van der Waals surface area (Å²) in [7, 11) is 0. The summed E-state index contributed by atoms with van der Waals surface area (Å²) in [5.41, 5.74) is 9.81. The van der Waals surface area contributed by atoms with E-state index in [0.717, 1.165) is 6.08 Å². The van der Waals surface area contributed by atoms with E-state index >= 15 is 0 Å². The number of carbonyl (C=O) groups is 1. The number of nitrogens with two attached hydrogens (primary N) is 2. The third kappa shape index (κ3) is 42.2. The Morgan fingerprint density at radius 2 is 1.80 bits per heavy atom. The van der Waals surface area contributed by atoms with E-state index < -0.39 is 5.97 Å². The molecule has 0 bridgehead atoms. The molecule has 0 saturated heterocycles. The van der Waals surface area contributed by atoms with Crippen LogP contribution in [-0.4, -0.2) is 24.2 Å². The van der Waals surface area contributed by atoms with Gasteiger partial charge in [0, 0.05) is 19.2 Å². The van der Waals surface area contributed by atoms with Crippen molar-refractivity contribution in [3.05, 3.63) is 12.7 Å². The molecule has 4 nitrogen and oxygen atoms in total. The Kier molecular flexibility index (Phi) is 26.7. The Labute approximate surface area is 84.0 Å². The zero-order valence-electron chi connectivity index (χ0n) is 7.21. The van der Waals surface area contributed by atoms with Gasteiger partial charge in [-0.3, -0.25) is 0 Å². The Bertz CT molecular complexity index is 90.6. The van der Waals surface area contributed by atoms with Crippen LogP contribution in [0.2, 0.25) is 0 Å². The first-order valence-corrected chi connectivity index (χ1v) is 2.44. The number of hydrogen-bond acceptors (Lipinski definition) is 3. The smallest absolute Gasteiger partial charge is 1.00 e. The van der Waals surface area contributed by atoms with Gasteiger partial charge in [-0.15, -0.1) is 0 Å². The second kappa shape index (κ2) is 16.1. The molecule has 0 amide bonds. The van der Waals surface area contributed by atoms with Crippen LogP contribution in [0.15, 0.2) is 12.7 Å². The van der Waals surface area contributed by atoms with Gasteiger partial charge in [0.1, 0.15) is 0 Å². The second-order valence-electron chi connectivity index (χ2n) is 1.12. The fourth-order valence-corrected chi connectivity index (χ4v) is 0. The summed E-state index contributed by atoms with van der Waals surface area (Å²) in [6, 6.07) is 0. The maximum Gasteiger partial charge on any atom is 1.00 e. The molecule has 0 rings (SSSR count). The maximum absolute atomic E-state index is 9.25. The van der Waals surface area contributed by atoms with Gasteiger partial charge < -0.3 is 18.0 Å². The van der Waals surface area contributed by atoms with Gasteiger partial charge in [-0.05, 0) is 0 Å². The predicted octanol–water partition coefficient (Wildman–Crippen LogP) is -3.72. The van der Waals surface area contributed by atoms with Gasteiger partial charge in [-0.2, -0.15) is 0 Å². The van der Waals surface area contributed by atoms with Crippen molar-refractivity contribution in [2.75, 3.05) is 13.1 Å². The summed E-state index contributed by atoms with van der Waals surface area (Å²) in [4.78, 5) is 9.25. The molecule has 0 aromatic rings. The van der Waals surface area contributed by atoms with Gasteiger partial charge in [0.25, 0.3) is 0 Å². The Hall–Kier alpha value is 0.130. The summed E-state index contributed by atoms with van der Waals surface area (Å²) >= 11 is 0. The standard InChI is InChI=1S/C3H4O2.C2H8N2.Na.H/c1-2-3(4)5;3-1-2-4;;/h2H,1H2,(H,4,5);1-4H2;;/q;;+1;-1. The summed E-state index contributed by atoms with van der Waals surface area (Å²) in [6.07, 6.45) is 0.833. The summed E-state index contributed by atoms with van der Waals surface area (Å²) < 4.78 is 0. The molecule has 0 aliphatic heterocycles. The molecule has 0 saturated carbocycles. The van der Waals surface area contributed by atoms with Crippen LogP contribution < -0.4 is 41.0 Å². The topological polar surface area (TPSA) is 89.3 Å². The first kappa shape index (κ1) is 16.6. The molecule has 56 valence electrons. The van der Waals surface area contributed by atoms with Crippen LogP contribution in [0.1, 0.15) is 1.43 Å². The van der Waals surface area contributed by atoms with Gasteiger partial charge in [0.2, 0.25) is 0 Å². The average Bonchev–Trinajstić information content (AvgIpc) is 1.89. The van der Waals surface area contributed by atoms with Crippen molar-refractivity contribution in [3.8, 4) is 0 Å². The van der Waals surface area contributed by atoms with Crippen LogP contribution in [0.5, 0.6) is 0 Å². The summed E-state index contributed by atoms with van der Waals surface area (Å²) in [5, 5.41) is 7.60. The average molecular weight is 156 g/mol. The van der Waals surface area contributed by atoms with Crippen molar-refractivity contribution in [2.45, 2.75) is 0 Å². The number of carboxylic acid groups (broad SMARTS) is 1. The molecule has 0 fully saturated rings. The first-order valence-electron chi connectivity index (χ1n) is 2.44. The van der Waals surface area contributed by atoms with E-state index in [1.54, 1.807) is 0 Å². The van der Waals surface area contributed by atoms with Crippen LogP contribution in [0.25, 0.3) is 0 Å². The van der Waals surface area contributed by atoms with Crippen LogP contribution >= 0.6 is 0 Å². The molecule has 0 heterocycles. The van der Waals surface area contributed by atoms with Crippen LogP contribution in [0, 0.1) is 0 Å². The monoisotopic (exact) mass is 156 g/mol. The Morgan fingerprint density at radius 1 is 1.60 bits per heavy atom. The second-order valence-corrected chi connectivity index (χ2v) is 1.12. The molecule has 5 N–H and O–H groups in total. The molecule has 0 aromatic heterocycles. The van der Waals surface area contributed by atoms with E-state index in [4.69, 9.17) is 16.6 Å². The number of hydrogen-bond donors (Lipinski definition) is 3. The van der Waals surface area contributed by atoms with Crippen molar-refractivity contribution in [3.63, 3.8) is 0 Å². The van der Waals surface area contributed by atoms with E-state index in [-0.39, 0.29) is 31.0 Å². The number of aliphatic carboxylic acids is 1. The van der Waals surface area contributed by atoms with Crippen molar-refractivity contribution >= 4 is 5.97 Å². The van der Waals surface area contributed by atoms with Crippen molar-refractivity contribution < 1.29 is 40.9 Å². The largest absolute Gasteiger partial charge is 1.00 e. The minimum Gasteiger partial charge on any atom is -1.00 e. The molecule has 0 aliphatic carbocycles. The zero-order valence-corrected chi connectivity index (χ0v) is 8.21.